The maximum absolute atomic E-state index is 5.91. The van der Waals surface area contributed by atoms with E-state index in [1.54, 1.807) is 7.11 Å². The zero-order valence-electron chi connectivity index (χ0n) is 12.0. The van der Waals surface area contributed by atoms with E-state index >= 15 is 0 Å². The van der Waals surface area contributed by atoms with Gasteiger partial charge in [0.15, 0.2) is 0 Å². The molecule has 3 heteroatoms. The molecule has 3 nitrogen and oxygen atoms in total. The first-order valence-electron chi connectivity index (χ1n) is 7.24. The molecule has 0 aromatic heterocycles. The van der Waals surface area contributed by atoms with Crippen molar-refractivity contribution < 1.29 is 9.47 Å². The standard InChI is InChI=1S/C16H25NO2/c1-3-15(12-18-2)17-11-14-9-10-19-16(14)13-7-5-4-6-8-13/h4-8,14-17H,3,9-12H2,1-2H3/t14-,15+,16-/m1/s1. The van der Waals surface area contributed by atoms with Gasteiger partial charge in [0.2, 0.25) is 0 Å². The molecule has 0 radical (unpaired) electrons. The molecule has 1 saturated heterocycles. The average Bonchev–Trinajstić information content (AvgIpc) is 2.93. The Morgan fingerprint density at radius 3 is 2.84 bits per heavy atom. The second kappa shape index (κ2) is 7.63. The molecule has 0 aliphatic carbocycles. The topological polar surface area (TPSA) is 30.5 Å². The van der Waals surface area contributed by atoms with E-state index in [1.165, 1.54) is 5.56 Å². The minimum Gasteiger partial charge on any atom is -0.383 e. The van der Waals surface area contributed by atoms with Gasteiger partial charge in [-0.05, 0) is 18.4 Å². The van der Waals surface area contributed by atoms with E-state index in [4.69, 9.17) is 9.47 Å². The van der Waals surface area contributed by atoms with Gasteiger partial charge in [0.1, 0.15) is 0 Å². The van der Waals surface area contributed by atoms with Gasteiger partial charge in [-0.15, -0.1) is 0 Å². The van der Waals surface area contributed by atoms with Crippen LogP contribution in [-0.4, -0.2) is 32.9 Å². The third kappa shape index (κ3) is 4.03. The van der Waals surface area contributed by atoms with Crippen molar-refractivity contribution in [2.45, 2.75) is 31.9 Å². The number of nitrogens with one attached hydrogen (secondary N) is 1. The molecule has 1 heterocycles. The Morgan fingerprint density at radius 1 is 1.37 bits per heavy atom. The summed E-state index contributed by atoms with van der Waals surface area (Å²) in [6.45, 7) is 4.84. The molecular weight excluding hydrogens is 238 g/mol. The molecule has 0 unspecified atom stereocenters. The van der Waals surface area contributed by atoms with E-state index < -0.39 is 0 Å². The number of ether oxygens (including phenoxy) is 2. The van der Waals surface area contributed by atoms with Gasteiger partial charge in [-0.3, -0.25) is 0 Å². The van der Waals surface area contributed by atoms with Crippen LogP contribution in [0.4, 0.5) is 0 Å². The Kier molecular flexibility index (Phi) is 5.83. The fourth-order valence-corrected chi connectivity index (χ4v) is 2.69. The predicted molar refractivity (Wildman–Crippen MR) is 77.2 cm³/mol. The van der Waals surface area contributed by atoms with Crippen molar-refractivity contribution in [3.05, 3.63) is 35.9 Å². The number of hydrogen-bond donors (Lipinski definition) is 1. The minimum absolute atomic E-state index is 0.244. The van der Waals surface area contributed by atoms with Crippen LogP contribution in [0, 0.1) is 5.92 Å². The van der Waals surface area contributed by atoms with Crippen LogP contribution in [0.25, 0.3) is 0 Å². The van der Waals surface area contributed by atoms with E-state index in [0.29, 0.717) is 12.0 Å². The number of hydrogen-bond acceptors (Lipinski definition) is 3. The summed E-state index contributed by atoms with van der Waals surface area (Å²) in [5, 5.41) is 3.61. The highest BCUT2D eigenvalue weighted by molar-refractivity contribution is 5.19. The smallest absolute Gasteiger partial charge is 0.0866 e. The van der Waals surface area contributed by atoms with E-state index in [-0.39, 0.29) is 6.10 Å². The SMILES string of the molecule is CC[C@@H](COC)NC[C@H]1CCO[C@@H]1c1ccccc1. The lowest BCUT2D eigenvalue weighted by atomic mass is 9.95. The quantitative estimate of drug-likeness (QED) is 0.820. The molecule has 0 bridgehead atoms. The number of rotatable bonds is 7. The number of methoxy groups -OCH3 is 1. The second-order valence-corrected chi connectivity index (χ2v) is 5.22. The van der Waals surface area contributed by atoms with Gasteiger partial charge in [-0.25, -0.2) is 0 Å². The molecule has 0 amide bonds. The van der Waals surface area contributed by atoms with Crippen molar-refractivity contribution in [3.63, 3.8) is 0 Å². The van der Waals surface area contributed by atoms with Crippen molar-refractivity contribution in [1.82, 2.24) is 5.32 Å². The molecule has 1 aromatic rings. The van der Waals surface area contributed by atoms with Crippen LogP contribution in [-0.2, 0) is 9.47 Å². The molecule has 2 rings (SSSR count). The van der Waals surface area contributed by atoms with Crippen LogP contribution >= 0.6 is 0 Å². The Morgan fingerprint density at radius 2 is 2.16 bits per heavy atom. The first-order valence-corrected chi connectivity index (χ1v) is 7.24. The molecule has 1 aliphatic heterocycles. The first kappa shape index (κ1) is 14.5. The summed E-state index contributed by atoms with van der Waals surface area (Å²) in [5.74, 6) is 0.563. The fraction of sp³-hybridized carbons (Fsp3) is 0.625. The summed E-state index contributed by atoms with van der Waals surface area (Å²) in [7, 11) is 1.76. The first-order chi connectivity index (χ1) is 9.35. The Bertz CT molecular complexity index is 355. The van der Waals surface area contributed by atoms with E-state index in [1.807, 2.05) is 0 Å². The van der Waals surface area contributed by atoms with E-state index in [0.717, 1.165) is 32.6 Å². The molecule has 1 N–H and O–H groups in total. The third-order valence-corrected chi connectivity index (χ3v) is 3.87. The molecule has 0 saturated carbocycles. The van der Waals surface area contributed by atoms with Crippen LogP contribution in [0.5, 0.6) is 0 Å². The summed E-state index contributed by atoms with van der Waals surface area (Å²) in [4.78, 5) is 0. The summed E-state index contributed by atoms with van der Waals surface area (Å²) in [5.41, 5.74) is 1.30. The van der Waals surface area contributed by atoms with E-state index in [9.17, 15) is 0 Å². The highest BCUT2D eigenvalue weighted by Gasteiger charge is 2.29. The van der Waals surface area contributed by atoms with Crippen LogP contribution < -0.4 is 5.32 Å². The summed E-state index contributed by atoms with van der Waals surface area (Å²) in [6.07, 6.45) is 2.47. The van der Waals surface area contributed by atoms with Gasteiger partial charge in [-0.2, -0.15) is 0 Å². The van der Waals surface area contributed by atoms with Gasteiger partial charge in [-0.1, -0.05) is 37.3 Å². The van der Waals surface area contributed by atoms with Gasteiger partial charge in [0.25, 0.3) is 0 Å². The van der Waals surface area contributed by atoms with Crippen LogP contribution in [0.2, 0.25) is 0 Å². The molecular formula is C16H25NO2. The van der Waals surface area contributed by atoms with Crippen LogP contribution in [0.15, 0.2) is 30.3 Å². The lowest BCUT2D eigenvalue weighted by Gasteiger charge is -2.23. The predicted octanol–water partition coefficient (Wildman–Crippen LogP) is 2.78. The van der Waals surface area contributed by atoms with Gasteiger partial charge >= 0.3 is 0 Å². The van der Waals surface area contributed by atoms with Gasteiger partial charge in [0.05, 0.1) is 12.7 Å². The molecule has 0 spiro atoms. The van der Waals surface area contributed by atoms with Crippen molar-refractivity contribution >= 4 is 0 Å². The summed E-state index contributed by atoms with van der Waals surface area (Å²) >= 11 is 0. The monoisotopic (exact) mass is 263 g/mol. The van der Waals surface area contributed by atoms with Crippen LogP contribution in [0.1, 0.15) is 31.4 Å². The fourth-order valence-electron chi connectivity index (χ4n) is 2.69. The van der Waals surface area contributed by atoms with Gasteiger partial charge in [0, 0.05) is 32.2 Å². The zero-order valence-corrected chi connectivity index (χ0v) is 12.0. The average molecular weight is 263 g/mol. The highest BCUT2D eigenvalue weighted by Crippen LogP contribution is 2.33. The third-order valence-electron chi connectivity index (χ3n) is 3.87. The largest absolute Gasteiger partial charge is 0.383 e. The van der Waals surface area contributed by atoms with E-state index in [2.05, 4.69) is 42.6 Å². The van der Waals surface area contributed by atoms with Crippen molar-refractivity contribution in [1.29, 1.82) is 0 Å². The Hall–Kier alpha value is -0.900. The second-order valence-electron chi connectivity index (χ2n) is 5.22. The maximum atomic E-state index is 5.91. The van der Waals surface area contributed by atoms with Crippen LogP contribution in [0.3, 0.4) is 0 Å². The molecule has 1 aromatic carbocycles. The van der Waals surface area contributed by atoms with Crippen molar-refractivity contribution in [2.24, 2.45) is 5.92 Å². The maximum Gasteiger partial charge on any atom is 0.0866 e. The molecule has 1 aliphatic rings. The molecule has 19 heavy (non-hydrogen) atoms. The normalized spacial score (nSPS) is 24.5. The Labute approximate surface area is 116 Å². The Balaban J connectivity index is 1.89. The summed E-state index contributed by atoms with van der Waals surface area (Å²) < 4.78 is 11.1. The highest BCUT2D eigenvalue weighted by atomic mass is 16.5. The van der Waals surface area contributed by atoms with Gasteiger partial charge < -0.3 is 14.8 Å². The molecule has 1 fully saturated rings. The summed E-state index contributed by atoms with van der Waals surface area (Å²) in [6, 6.07) is 11.0. The zero-order chi connectivity index (χ0) is 13.5. The number of benzene rings is 1. The minimum atomic E-state index is 0.244. The lowest BCUT2D eigenvalue weighted by Crippen LogP contribution is -2.36. The van der Waals surface area contributed by atoms with Crippen molar-refractivity contribution in [2.75, 3.05) is 26.9 Å². The molecule has 3 atom stereocenters. The van der Waals surface area contributed by atoms with Crippen molar-refractivity contribution in [3.8, 4) is 0 Å². The molecule has 106 valence electrons. The lowest BCUT2D eigenvalue weighted by molar-refractivity contribution is 0.0877.